The van der Waals surface area contributed by atoms with E-state index >= 15 is 0 Å². The van der Waals surface area contributed by atoms with E-state index in [0.29, 0.717) is 5.92 Å². The maximum absolute atomic E-state index is 6.12. The third-order valence-electron chi connectivity index (χ3n) is 2.92. The lowest BCUT2D eigenvalue weighted by Gasteiger charge is -2.14. The van der Waals surface area contributed by atoms with Crippen LogP contribution in [-0.4, -0.2) is 14.2 Å². The second-order valence-corrected chi connectivity index (χ2v) is 3.98. The van der Waals surface area contributed by atoms with Crippen molar-refractivity contribution < 1.29 is 9.47 Å². The van der Waals surface area contributed by atoms with Gasteiger partial charge in [0.1, 0.15) is 0 Å². The third-order valence-corrected chi connectivity index (χ3v) is 2.92. The molecule has 2 rings (SSSR count). The molecule has 3 nitrogen and oxygen atoms in total. The zero-order valence-electron chi connectivity index (χ0n) is 9.19. The molecule has 1 fully saturated rings. The van der Waals surface area contributed by atoms with Gasteiger partial charge >= 0.3 is 0 Å². The summed E-state index contributed by atoms with van der Waals surface area (Å²) in [6.07, 6.45) is 2.49. The first-order valence-corrected chi connectivity index (χ1v) is 5.23. The van der Waals surface area contributed by atoms with E-state index in [0.717, 1.165) is 17.1 Å². The number of benzene rings is 1. The van der Waals surface area contributed by atoms with Crippen molar-refractivity contribution in [2.45, 2.75) is 18.9 Å². The van der Waals surface area contributed by atoms with Crippen LogP contribution in [0.4, 0.5) is 0 Å². The molecule has 0 radical (unpaired) electrons. The van der Waals surface area contributed by atoms with Crippen molar-refractivity contribution >= 4 is 0 Å². The van der Waals surface area contributed by atoms with Gasteiger partial charge in [-0.05, 0) is 36.5 Å². The highest BCUT2D eigenvalue weighted by molar-refractivity contribution is 5.44. The van der Waals surface area contributed by atoms with Crippen LogP contribution in [0.5, 0.6) is 11.5 Å². The van der Waals surface area contributed by atoms with Gasteiger partial charge in [-0.25, -0.2) is 0 Å². The molecule has 0 spiro atoms. The quantitative estimate of drug-likeness (QED) is 0.822. The Balaban J connectivity index is 2.25. The van der Waals surface area contributed by atoms with Crippen LogP contribution in [0.1, 0.15) is 24.4 Å². The number of hydrogen-bond acceptors (Lipinski definition) is 3. The van der Waals surface area contributed by atoms with Gasteiger partial charge in [-0.15, -0.1) is 0 Å². The highest BCUT2D eigenvalue weighted by Gasteiger charge is 2.29. The molecule has 2 N–H and O–H groups in total. The molecule has 0 heterocycles. The van der Waals surface area contributed by atoms with Gasteiger partial charge in [-0.2, -0.15) is 0 Å². The Labute approximate surface area is 90.2 Å². The molecular weight excluding hydrogens is 190 g/mol. The summed E-state index contributed by atoms with van der Waals surface area (Å²) in [6.45, 7) is 0. The van der Waals surface area contributed by atoms with Crippen LogP contribution in [0.3, 0.4) is 0 Å². The Hall–Kier alpha value is -1.22. The Kier molecular flexibility index (Phi) is 2.82. The highest BCUT2D eigenvalue weighted by atomic mass is 16.5. The van der Waals surface area contributed by atoms with Gasteiger partial charge in [-0.1, -0.05) is 6.07 Å². The van der Waals surface area contributed by atoms with E-state index in [9.17, 15) is 0 Å². The summed E-state index contributed by atoms with van der Waals surface area (Å²) >= 11 is 0. The van der Waals surface area contributed by atoms with Crippen LogP contribution in [0.2, 0.25) is 0 Å². The molecule has 3 heteroatoms. The first-order valence-electron chi connectivity index (χ1n) is 5.23. The summed E-state index contributed by atoms with van der Waals surface area (Å²) in [5, 5.41) is 0. The number of ether oxygens (including phenoxy) is 2. The van der Waals surface area contributed by atoms with E-state index in [4.69, 9.17) is 15.2 Å². The molecule has 0 aliphatic heterocycles. The Morgan fingerprint density at radius 1 is 1.20 bits per heavy atom. The van der Waals surface area contributed by atoms with Crippen LogP contribution in [0.25, 0.3) is 0 Å². The lowest BCUT2D eigenvalue weighted by molar-refractivity contribution is 0.354. The topological polar surface area (TPSA) is 44.5 Å². The molecule has 1 atom stereocenters. The monoisotopic (exact) mass is 207 g/mol. The molecular formula is C12H17NO2. The van der Waals surface area contributed by atoms with E-state index in [1.807, 2.05) is 18.2 Å². The van der Waals surface area contributed by atoms with Gasteiger partial charge in [-0.3, -0.25) is 0 Å². The molecule has 1 aromatic rings. The molecule has 0 aromatic heterocycles. The zero-order valence-corrected chi connectivity index (χ0v) is 9.19. The Morgan fingerprint density at radius 2 is 1.87 bits per heavy atom. The molecule has 1 saturated carbocycles. The molecule has 0 amide bonds. The lowest BCUT2D eigenvalue weighted by Crippen LogP contribution is -2.12. The summed E-state index contributed by atoms with van der Waals surface area (Å²) in [5.74, 6) is 2.17. The van der Waals surface area contributed by atoms with E-state index in [1.165, 1.54) is 12.8 Å². The van der Waals surface area contributed by atoms with Crippen molar-refractivity contribution in [1.29, 1.82) is 0 Å². The van der Waals surface area contributed by atoms with Crippen LogP contribution in [0.15, 0.2) is 18.2 Å². The van der Waals surface area contributed by atoms with Crippen molar-refractivity contribution in [3.8, 4) is 11.5 Å². The highest BCUT2D eigenvalue weighted by Crippen LogP contribution is 2.41. The fourth-order valence-corrected chi connectivity index (χ4v) is 1.79. The van der Waals surface area contributed by atoms with Gasteiger partial charge in [0.25, 0.3) is 0 Å². The predicted molar refractivity (Wildman–Crippen MR) is 59.2 cm³/mol. The normalized spacial score (nSPS) is 17.3. The van der Waals surface area contributed by atoms with Crippen molar-refractivity contribution in [3.05, 3.63) is 23.8 Å². The second-order valence-electron chi connectivity index (χ2n) is 3.98. The van der Waals surface area contributed by atoms with E-state index in [1.54, 1.807) is 14.2 Å². The van der Waals surface area contributed by atoms with Gasteiger partial charge in [0.2, 0.25) is 0 Å². The zero-order chi connectivity index (χ0) is 10.8. The molecule has 82 valence electrons. The largest absolute Gasteiger partial charge is 0.493 e. The van der Waals surface area contributed by atoms with Crippen LogP contribution in [-0.2, 0) is 0 Å². The predicted octanol–water partition coefficient (Wildman–Crippen LogP) is 2.11. The van der Waals surface area contributed by atoms with E-state index in [2.05, 4.69) is 0 Å². The first kappa shape index (κ1) is 10.3. The number of nitrogens with two attached hydrogens (primary N) is 1. The van der Waals surface area contributed by atoms with Crippen molar-refractivity contribution in [2.75, 3.05) is 14.2 Å². The summed E-state index contributed by atoms with van der Waals surface area (Å²) < 4.78 is 10.4. The van der Waals surface area contributed by atoms with Gasteiger partial charge in [0.05, 0.1) is 14.2 Å². The first-order chi connectivity index (χ1) is 7.26. The molecule has 15 heavy (non-hydrogen) atoms. The van der Waals surface area contributed by atoms with Crippen molar-refractivity contribution in [3.63, 3.8) is 0 Å². The van der Waals surface area contributed by atoms with Gasteiger partial charge in [0.15, 0.2) is 11.5 Å². The standard InChI is InChI=1S/C12H17NO2/c1-14-10-6-5-9(7-11(10)15-2)12(13)8-3-4-8/h5-8,12H,3-4,13H2,1-2H3. The van der Waals surface area contributed by atoms with Gasteiger partial charge in [0, 0.05) is 6.04 Å². The molecule has 1 aliphatic rings. The summed E-state index contributed by atoms with van der Waals surface area (Å²) in [7, 11) is 3.28. The average molecular weight is 207 g/mol. The molecule has 1 unspecified atom stereocenters. The SMILES string of the molecule is COc1ccc(C(N)C2CC2)cc1OC. The van der Waals surface area contributed by atoms with Crippen LogP contribution >= 0.6 is 0 Å². The summed E-state index contributed by atoms with van der Waals surface area (Å²) in [4.78, 5) is 0. The average Bonchev–Trinajstić information content (AvgIpc) is 3.11. The minimum absolute atomic E-state index is 0.143. The maximum atomic E-state index is 6.12. The van der Waals surface area contributed by atoms with E-state index < -0.39 is 0 Å². The minimum Gasteiger partial charge on any atom is -0.493 e. The molecule has 1 aliphatic carbocycles. The summed E-state index contributed by atoms with van der Waals surface area (Å²) in [5.41, 5.74) is 7.25. The Bertz CT molecular complexity index is 347. The fraction of sp³-hybridized carbons (Fsp3) is 0.500. The number of methoxy groups -OCH3 is 2. The van der Waals surface area contributed by atoms with E-state index in [-0.39, 0.29) is 6.04 Å². The maximum Gasteiger partial charge on any atom is 0.161 e. The Morgan fingerprint density at radius 3 is 2.40 bits per heavy atom. The summed E-state index contributed by atoms with van der Waals surface area (Å²) in [6, 6.07) is 6.05. The van der Waals surface area contributed by atoms with Crippen molar-refractivity contribution in [1.82, 2.24) is 0 Å². The lowest BCUT2D eigenvalue weighted by atomic mass is 10.0. The number of rotatable bonds is 4. The van der Waals surface area contributed by atoms with Gasteiger partial charge < -0.3 is 15.2 Å². The molecule has 0 bridgehead atoms. The fourth-order valence-electron chi connectivity index (χ4n) is 1.79. The third kappa shape index (κ3) is 2.07. The van der Waals surface area contributed by atoms with Crippen LogP contribution < -0.4 is 15.2 Å². The minimum atomic E-state index is 0.143. The smallest absolute Gasteiger partial charge is 0.161 e. The van der Waals surface area contributed by atoms with Crippen molar-refractivity contribution in [2.24, 2.45) is 11.7 Å². The number of hydrogen-bond donors (Lipinski definition) is 1. The second kappa shape index (κ2) is 4.11. The molecule has 1 aromatic carbocycles. The van der Waals surface area contributed by atoms with Crippen LogP contribution in [0, 0.1) is 5.92 Å². The molecule has 0 saturated heterocycles.